The molecule has 0 spiro atoms. The molecule has 0 bridgehead atoms. The Labute approximate surface area is 172 Å². The van der Waals surface area contributed by atoms with Gasteiger partial charge in [-0.25, -0.2) is 9.78 Å². The number of nitrogens with one attached hydrogen (secondary N) is 2. The van der Waals surface area contributed by atoms with Crippen molar-refractivity contribution in [1.29, 1.82) is 0 Å². The zero-order valence-electron chi connectivity index (χ0n) is 16.6. The van der Waals surface area contributed by atoms with E-state index in [1.165, 1.54) is 10.6 Å². The molecule has 0 aliphatic heterocycles. The quantitative estimate of drug-likeness (QED) is 0.550. The molecule has 0 saturated heterocycles. The Kier molecular flexibility index (Phi) is 5.02. The molecule has 30 heavy (non-hydrogen) atoms. The van der Waals surface area contributed by atoms with Gasteiger partial charge in [0.15, 0.2) is 0 Å². The molecule has 4 aromatic rings. The lowest BCUT2D eigenvalue weighted by molar-refractivity contribution is 0.102. The maximum Gasteiger partial charge on any atom is 0.330 e. The van der Waals surface area contributed by atoms with Crippen molar-refractivity contribution < 1.29 is 4.79 Å². The SMILES string of the molecule is Cc1ccc(NC(=O)c2cc3c(=O)[nH]c(=O)n(Cc4ccccc4)c3nc2C)cc1. The lowest BCUT2D eigenvalue weighted by atomic mass is 10.1. The molecule has 1 amide bonds. The number of anilines is 1. The number of rotatable bonds is 4. The predicted octanol–water partition coefficient (Wildman–Crippen LogP) is 3.00. The van der Waals surface area contributed by atoms with Crippen LogP contribution in [-0.2, 0) is 6.54 Å². The first-order valence-corrected chi connectivity index (χ1v) is 9.49. The van der Waals surface area contributed by atoms with Crippen LogP contribution in [0.4, 0.5) is 5.69 Å². The van der Waals surface area contributed by atoms with Gasteiger partial charge >= 0.3 is 5.69 Å². The zero-order valence-corrected chi connectivity index (χ0v) is 16.6. The Morgan fingerprint density at radius 3 is 2.43 bits per heavy atom. The number of aryl methyl sites for hydroxylation is 2. The molecule has 150 valence electrons. The number of hydrogen-bond acceptors (Lipinski definition) is 4. The second-order valence-electron chi connectivity index (χ2n) is 7.14. The predicted molar refractivity (Wildman–Crippen MR) is 116 cm³/mol. The van der Waals surface area contributed by atoms with Crippen molar-refractivity contribution >= 4 is 22.6 Å². The van der Waals surface area contributed by atoms with Crippen molar-refractivity contribution in [1.82, 2.24) is 14.5 Å². The minimum absolute atomic E-state index is 0.185. The highest BCUT2D eigenvalue weighted by atomic mass is 16.2. The van der Waals surface area contributed by atoms with Gasteiger partial charge in [-0.1, -0.05) is 48.0 Å². The topological polar surface area (TPSA) is 96.9 Å². The molecule has 2 N–H and O–H groups in total. The molecule has 7 heteroatoms. The van der Waals surface area contributed by atoms with Crippen LogP contribution in [-0.4, -0.2) is 20.4 Å². The zero-order chi connectivity index (χ0) is 21.3. The van der Waals surface area contributed by atoms with Crippen molar-refractivity contribution in [2.24, 2.45) is 0 Å². The molecule has 7 nitrogen and oxygen atoms in total. The summed E-state index contributed by atoms with van der Waals surface area (Å²) in [4.78, 5) is 44.5. The number of H-pyrrole nitrogens is 1. The molecular formula is C23H20N4O3. The van der Waals surface area contributed by atoms with Gasteiger partial charge in [0.05, 0.1) is 23.2 Å². The van der Waals surface area contributed by atoms with Crippen LogP contribution in [0.5, 0.6) is 0 Å². The molecule has 0 atom stereocenters. The average Bonchev–Trinajstić information content (AvgIpc) is 2.73. The molecule has 2 aromatic carbocycles. The molecule has 2 heterocycles. The molecule has 0 unspecified atom stereocenters. The summed E-state index contributed by atoms with van der Waals surface area (Å²) < 4.78 is 1.40. The van der Waals surface area contributed by atoms with Crippen molar-refractivity contribution in [3.05, 3.63) is 104 Å². The summed E-state index contributed by atoms with van der Waals surface area (Å²) in [5.74, 6) is -0.369. The Balaban J connectivity index is 1.78. The van der Waals surface area contributed by atoms with E-state index >= 15 is 0 Å². The summed E-state index contributed by atoms with van der Waals surface area (Å²) in [6, 6.07) is 18.3. The fourth-order valence-electron chi connectivity index (χ4n) is 3.27. The smallest absolute Gasteiger partial charge is 0.322 e. The summed E-state index contributed by atoms with van der Waals surface area (Å²) in [5, 5.41) is 3.00. The van der Waals surface area contributed by atoms with Gasteiger partial charge < -0.3 is 5.32 Å². The molecule has 0 fully saturated rings. The normalized spacial score (nSPS) is 10.9. The van der Waals surface area contributed by atoms with Crippen molar-refractivity contribution in [2.45, 2.75) is 20.4 Å². The molecule has 4 rings (SSSR count). The maximum atomic E-state index is 12.8. The number of nitrogens with zero attached hydrogens (tertiary/aromatic N) is 2. The third-order valence-electron chi connectivity index (χ3n) is 4.90. The van der Waals surface area contributed by atoms with Crippen LogP contribution >= 0.6 is 0 Å². The van der Waals surface area contributed by atoms with Crippen molar-refractivity contribution in [2.75, 3.05) is 5.32 Å². The summed E-state index contributed by atoms with van der Waals surface area (Å²) in [5.41, 5.74) is 2.46. The van der Waals surface area contributed by atoms with E-state index in [2.05, 4.69) is 15.3 Å². The number of fused-ring (bicyclic) bond motifs is 1. The molecule has 0 radical (unpaired) electrons. The Morgan fingerprint density at radius 1 is 1.03 bits per heavy atom. The lowest BCUT2D eigenvalue weighted by Crippen LogP contribution is -2.32. The Morgan fingerprint density at radius 2 is 1.73 bits per heavy atom. The van der Waals surface area contributed by atoms with Gasteiger partial charge in [-0.2, -0.15) is 0 Å². The van der Waals surface area contributed by atoms with Gasteiger partial charge in [0.25, 0.3) is 11.5 Å². The van der Waals surface area contributed by atoms with E-state index in [0.29, 0.717) is 11.4 Å². The van der Waals surface area contributed by atoms with Crippen LogP contribution in [0.25, 0.3) is 11.0 Å². The van der Waals surface area contributed by atoms with E-state index < -0.39 is 11.2 Å². The number of hydrogen-bond donors (Lipinski definition) is 2. The van der Waals surface area contributed by atoms with Gasteiger partial charge in [0.1, 0.15) is 5.65 Å². The van der Waals surface area contributed by atoms with Gasteiger partial charge in [-0.3, -0.25) is 19.1 Å². The summed E-state index contributed by atoms with van der Waals surface area (Å²) in [6.07, 6.45) is 0. The second-order valence-corrected chi connectivity index (χ2v) is 7.14. The molecular weight excluding hydrogens is 380 g/mol. The fraction of sp³-hybridized carbons (Fsp3) is 0.130. The monoisotopic (exact) mass is 400 g/mol. The minimum Gasteiger partial charge on any atom is -0.322 e. The highest BCUT2D eigenvalue weighted by Gasteiger charge is 2.17. The van der Waals surface area contributed by atoms with E-state index in [-0.39, 0.29) is 29.0 Å². The van der Waals surface area contributed by atoms with Gasteiger partial charge in [0, 0.05) is 5.69 Å². The van der Waals surface area contributed by atoms with Crippen LogP contribution in [0.2, 0.25) is 0 Å². The van der Waals surface area contributed by atoms with E-state index in [1.807, 2.05) is 49.4 Å². The summed E-state index contributed by atoms with van der Waals surface area (Å²) in [7, 11) is 0. The van der Waals surface area contributed by atoms with Crippen LogP contribution in [0, 0.1) is 13.8 Å². The first kappa shape index (κ1) is 19.3. The molecule has 2 aromatic heterocycles. The van der Waals surface area contributed by atoms with E-state index in [9.17, 15) is 14.4 Å². The van der Waals surface area contributed by atoms with E-state index in [0.717, 1.165) is 11.1 Å². The number of amides is 1. The van der Waals surface area contributed by atoms with E-state index in [1.54, 1.807) is 19.1 Å². The largest absolute Gasteiger partial charge is 0.330 e. The Bertz CT molecular complexity index is 1350. The van der Waals surface area contributed by atoms with Crippen LogP contribution in [0.3, 0.4) is 0 Å². The molecule has 0 aliphatic rings. The number of aromatic nitrogens is 3. The van der Waals surface area contributed by atoms with Crippen LogP contribution in [0.15, 0.2) is 70.3 Å². The average molecular weight is 400 g/mol. The number of aromatic amines is 1. The van der Waals surface area contributed by atoms with Gasteiger partial charge in [-0.15, -0.1) is 0 Å². The standard InChI is InChI=1S/C23H20N4O3/c1-14-8-10-17(11-9-14)25-21(28)18-12-19-20(24-15(18)2)27(23(30)26-22(19)29)13-16-6-4-3-5-7-16/h3-12H,13H2,1-2H3,(H,25,28)(H,26,29,30). The third kappa shape index (κ3) is 3.77. The van der Waals surface area contributed by atoms with Crippen LogP contribution < -0.4 is 16.6 Å². The fourth-order valence-corrected chi connectivity index (χ4v) is 3.27. The first-order chi connectivity index (χ1) is 14.4. The highest BCUT2D eigenvalue weighted by molar-refractivity contribution is 6.06. The summed E-state index contributed by atoms with van der Waals surface area (Å²) in [6.45, 7) is 3.90. The second kappa shape index (κ2) is 7.79. The van der Waals surface area contributed by atoms with Crippen molar-refractivity contribution in [3.63, 3.8) is 0 Å². The lowest BCUT2D eigenvalue weighted by Gasteiger charge is -2.12. The number of pyridine rings is 1. The number of carbonyl (C=O) groups excluding carboxylic acids is 1. The van der Waals surface area contributed by atoms with E-state index in [4.69, 9.17) is 0 Å². The minimum atomic E-state index is -0.573. The molecule has 0 aliphatic carbocycles. The first-order valence-electron chi connectivity index (χ1n) is 9.49. The summed E-state index contributed by atoms with van der Waals surface area (Å²) >= 11 is 0. The molecule has 0 saturated carbocycles. The third-order valence-corrected chi connectivity index (χ3v) is 4.90. The maximum absolute atomic E-state index is 12.8. The Hall–Kier alpha value is -4.00. The number of carbonyl (C=O) groups is 1. The van der Waals surface area contributed by atoms with Gasteiger partial charge in [-0.05, 0) is 37.6 Å². The van der Waals surface area contributed by atoms with Gasteiger partial charge in [0.2, 0.25) is 0 Å². The van der Waals surface area contributed by atoms with Crippen molar-refractivity contribution in [3.8, 4) is 0 Å². The highest BCUT2D eigenvalue weighted by Crippen LogP contribution is 2.16. The number of benzene rings is 2. The van der Waals surface area contributed by atoms with Crippen LogP contribution in [0.1, 0.15) is 27.2 Å².